The Balaban J connectivity index is 1.33. The van der Waals surface area contributed by atoms with Crippen LogP contribution in [-0.4, -0.2) is 60.6 Å². The number of amides is 3. The van der Waals surface area contributed by atoms with Gasteiger partial charge in [0.05, 0.1) is 38.7 Å². The van der Waals surface area contributed by atoms with E-state index < -0.39 is 29.6 Å². The third kappa shape index (κ3) is 4.42. The van der Waals surface area contributed by atoms with E-state index in [0.29, 0.717) is 17.2 Å². The summed E-state index contributed by atoms with van der Waals surface area (Å²) in [5.74, 6) is -1.21. The molecule has 3 aliphatic heterocycles. The zero-order valence-corrected chi connectivity index (χ0v) is 22.8. The monoisotopic (exact) mass is 545 g/mol. The predicted molar refractivity (Wildman–Crippen MR) is 148 cm³/mol. The summed E-state index contributed by atoms with van der Waals surface area (Å²) < 4.78 is 17.3. The molecule has 3 fully saturated rings. The van der Waals surface area contributed by atoms with Crippen molar-refractivity contribution in [1.82, 2.24) is 10.2 Å². The van der Waals surface area contributed by atoms with Gasteiger partial charge in [0.2, 0.25) is 17.7 Å². The Bertz CT molecular complexity index is 1340. The normalized spacial score (nSPS) is 28.9. The van der Waals surface area contributed by atoms with Gasteiger partial charge in [-0.25, -0.2) is 0 Å². The molecule has 5 unspecified atom stereocenters. The molecule has 6 rings (SSSR count). The number of hydrogen-bond donors (Lipinski definition) is 2. The van der Waals surface area contributed by atoms with Crippen molar-refractivity contribution < 1.29 is 28.6 Å². The average molecular weight is 546 g/mol. The largest absolute Gasteiger partial charge is 0.497 e. The number of fused-ring (bicyclic) bond motifs is 1. The Morgan fingerprint density at radius 3 is 2.60 bits per heavy atom. The lowest BCUT2D eigenvalue weighted by Crippen LogP contribution is -2.56. The van der Waals surface area contributed by atoms with Crippen molar-refractivity contribution in [3.05, 3.63) is 66.2 Å². The van der Waals surface area contributed by atoms with Gasteiger partial charge in [0.1, 0.15) is 23.1 Å². The maximum atomic E-state index is 14.2. The second-order valence-electron chi connectivity index (χ2n) is 11.0. The van der Waals surface area contributed by atoms with Gasteiger partial charge >= 0.3 is 0 Å². The van der Waals surface area contributed by atoms with Gasteiger partial charge in [0.15, 0.2) is 0 Å². The first-order valence-corrected chi connectivity index (χ1v) is 14.0. The molecule has 2 saturated heterocycles. The lowest BCUT2D eigenvalue weighted by Gasteiger charge is -2.34. The summed E-state index contributed by atoms with van der Waals surface area (Å²) in [7, 11) is 3.14. The molecule has 0 aromatic heterocycles. The molecule has 2 aromatic rings. The van der Waals surface area contributed by atoms with Crippen molar-refractivity contribution in [2.75, 3.05) is 19.5 Å². The molecule has 210 valence electrons. The van der Waals surface area contributed by atoms with Crippen molar-refractivity contribution >= 4 is 23.4 Å². The van der Waals surface area contributed by atoms with Gasteiger partial charge in [-0.2, -0.15) is 0 Å². The first-order valence-electron chi connectivity index (χ1n) is 14.0. The molecule has 2 bridgehead atoms. The predicted octanol–water partition coefficient (Wildman–Crippen LogP) is 3.44. The van der Waals surface area contributed by atoms with Crippen molar-refractivity contribution in [2.24, 2.45) is 11.8 Å². The number of benzene rings is 2. The van der Waals surface area contributed by atoms with Crippen LogP contribution in [0.15, 0.2) is 60.7 Å². The Hall–Kier alpha value is -3.85. The second kappa shape index (κ2) is 10.6. The molecule has 4 aliphatic rings. The van der Waals surface area contributed by atoms with E-state index in [0.717, 1.165) is 37.7 Å². The number of ether oxygens (including phenoxy) is 3. The maximum Gasteiger partial charge on any atom is 0.246 e. The van der Waals surface area contributed by atoms with Crippen molar-refractivity contribution in [3.8, 4) is 11.5 Å². The molecule has 2 N–H and O–H groups in total. The molecular formula is C31H35N3O6. The second-order valence-corrected chi connectivity index (χ2v) is 11.0. The number of methoxy groups -OCH3 is 2. The molecule has 1 spiro atoms. The van der Waals surface area contributed by atoms with Crippen LogP contribution in [0, 0.1) is 11.8 Å². The van der Waals surface area contributed by atoms with Crippen LogP contribution in [0.5, 0.6) is 11.5 Å². The minimum absolute atomic E-state index is 0.0645. The minimum atomic E-state index is -1.22. The van der Waals surface area contributed by atoms with Crippen LogP contribution in [0.4, 0.5) is 5.69 Å². The van der Waals surface area contributed by atoms with Gasteiger partial charge in [-0.1, -0.05) is 55.7 Å². The third-order valence-corrected chi connectivity index (χ3v) is 8.75. The number of likely N-dealkylation sites (tertiary alicyclic amines) is 1. The van der Waals surface area contributed by atoms with Gasteiger partial charge in [-0.15, -0.1) is 0 Å². The van der Waals surface area contributed by atoms with E-state index >= 15 is 0 Å². The van der Waals surface area contributed by atoms with Crippen LogP contribution in [0.3, 0.4) is 0 Å². The lowest BCUT2D eigenvalue weighted by molar-refractivity contribution is -0.142. The molecule has 9 nitrogen and oxygen atoms in total. The van der Waals surface area contributed by atoms with E-state index in [9.17, 15) is 14.4 Å². The van der Waals surface area contributed by atoms with Crippen LogP contribution in [0.2, 0.25) is 0 Å². The highest BCUT2D eigenvalue weighted by Gasteiger charge is 2.72. The highest BCUT2D eigenvalue weighted by molar-refractivity contribution is 6.02. The summed E-state index contributed by atoms with van der Waals surface area (Å²) in [5.41, 5.74) is 0.119. The summed E-state index contributed by atoms with van der Waals surface area (Å²) in [6.45, 7) is 0.163. The van der Waals surface area contributed by atoms with Gasteiger partial charge in [0.25, 0.3) is 0 Å². The van der Waals surface area contributed by atoms with Gasteiger partial charge in [0, 0.05) is 23.4 Å². The Morgan fingerprint density at radius 1 is 1.02 bits per heavy atom. The first-order chi connectivity index (χ1) is 19.4. The van der Waals surface area contributed by atoms with E-state index in [-0.39, 0.29) is 30.3 Å². The van der Waals surface area contributed by atoms with E-state index in [2.05, 4.69) is 10.6 Å². The third-order valence-electron chi connectivity index (χ3n) is 8.75. The number of nitrogens with zero attached hydrogens (tertiary/aromatic N) is 1. The topological polar surface area (TPSA) is 106 Å². The van der Waals surface area contributed by atoms with Crippen molar-refractivity contribution in [2.45, 2.75) is 62.4 Å². The van der Waals surface area contributed by atoms with Crippen LogP contribution in [-0.2, 0) is 25.7 Å². The van der Waals surface area contributed by atoms with Gasteiger partial charge in [-0.05, 0) is 31.0 Å². The molecule has 9 heteroatoms. The summed E-state index contributed by atoms with van der Waals surface area (Å²) in [4.78, 5) is 43.5. The van der Waals surface area contributed by atoms with Crippen molar-refractivity contribution in [3.63, 3.8) is 0 Å². The van der Waals surface area contributed by atoms with Gasteiger partial charge < -0.3 is 29.7 Å². The number of carbonyl (C=O) groups is 3. The van der Waals surface area contributed by atoms with E-state index in [1.165, 1.54) is 0 Å². The zero-order chi connectivity index (χ0) is 27.9. The highest BCUT2D eigenvalue weighted by atomic mass is 16.5. The fourth-order valence-electron chi connectivity index (χ4n) is 6.91. The molecular weight excluding hydrogens is 510 g/mol. The molecule has 3 heterocycles. The molecule has 1 saturated carbocycles. The quantitative estimate of drug-likeness (QED) is 0.493. The fraction of sp³-hybridized carbons (Fsp3) is 0.452. The number of carbonyl (C=O) groups excluding carboxylic acids is 3. The Labute approximate surface area is 233 Å². The molecule has 3 amide bonds. The van der Waals surface area contributed by atoms with Crippen LogP contribution in [0.1, 0.15) is 37.7 Å². The van der Waals surface area contributed by atoms with Gasteiger partial charge in [-0.3, -0.25) is 14.4 Å². The fourth-order valence-corrected chi connectivity index (χ4v) is 6.91. The summed E-state index contributed by atoms with van der Waals surface area (Å²) in [6, 6.07) is 13.7. The van der Waals surface area contributed by atoms with E-state index in [4.69, 9.17) is 14.2 Å². The standard InChI is InChI=1S/C31H35N3O6/c1-38-22-13-8-12-21(17-22)33-28(35)25-24-15-16-31(40-24)26(25)30(37)34(18-19-9-6-7-14-23(19)39-2)27(31)29(36)32-20-10-4-3-5-11-20/h6-9,12-17,20,24-27H,3-5,10-11,18H2,1-2H3,(H,32,36)(H,33,35). The zero-order valence-electron chi connectivity index (χ0n) is 22.8. The Kier molecular flexibility index (Phi) is 7.00. The number of para-hydroxylation sites is 1. The molecule has 0 radical (unpaired) electrons. The molecule has 2 aromatic carbocycles. The summed E-state index contributed by atoms with van der Waals surface area (Å²) in [6.07, 6.45) is 8.20. The smallest absolute Gasteiger partial charge is 0.246 e. The van der Waals surface area contributed by atoms with Crippen molar-refractivity contribution in [1.29, 1.82) is 0 Å². The van der Waals surface area contributed by atoms with E-state index in [1.807, 2.05) is 36.4 Å². The summed E-state index contributed by atoms with van der Waals surface area (Å²) >= 11 is 0. The van der Waals surface area contributed by atoms with Crippen LogP contribution >= 0.6 is 0 Å². The average Bonchev–Trinajstić information content (AvgIpc) is 3.61. The minimum Gasteiger partial charge on any atom is -0.497 e. The van der Waals surface area contributed by atoms with Crippen LogP contribution < -0.4 is 20.1 Å². The number of hydrogen-bond acceptors (Lipinski definition) is 6. The summed E-state index contributed by atoms with van der Waals surface area (Å²) in [5, 5.41) is 6.16. The molecule has 5 atom stereocenters. The number of rotatable bonds is 8. The first kappa shape index (κ1) is 26.4. The van der Waals surface area contributed by atoms with Crippen LogP contribution in [0.25, 0.3) is 0 Å². The highest BCUT2D eigenvalue weighted by Crippen LogP contribution is 2.55. The Morgan fingerprint density at radius 2 is 1.82 bits per heavy atom. The molecule has 1 aliphatic carbocycles. The SMILES string of the molecule is COc1cccc(NC(=O)C2C3C=CC4(O3)C2C(=O)N(Cc2ccccc2OC)C4C(=O)NC2CCCCC2)c1. The maximum absolute atomic E-state index is 14.2. The van der Waals surface area contributed by atoms with E-state index in [1.54, 1.807) is 43.4 Å². The number of anilines is 1. The molecule has 40 heavy (non-hydrogen) atoms. The lowest BCUT2D eigenvalue weighted by atomic mass is 9.74. The number of nitrogens with one attached hydrogen (secondary N) is 2.